The number of carbonyl (C=O) groups excluding carboxylic acids is 2. The molecule has 0 radical (unpaired) electrons. The van der Waals surface area contributed by atoms with E-state index in [4.69, 9.17) is 21.7 Å². The number of thioether (sulfide) groups is 1. The lowest BCUT2D eigenvalue weighted by Gasteiger charge is -2.11. The maximum atomic E-state index is 12.5. The summed E-state index contributed by atoms with van der Waals surface area (Å²) in [6, 6.07) is 8.65. The average Bonchev–Trinajstić information content (AvgIpc) is 3.29. The summed E-state index contributed by atoms with van der Waals surface area (Å²) < 4.78 is 11.6. The molecule has 1 saturated heterocycles. The molecule has 1 aromatic carbocycles. The second-order valence-corrected chi connectivity index (χ2v) is 8.21. The van der Waals surface area contributed by atoms with Gasteiger partial charge in [-0.05, 0) is 42.1 Å². The van der Waals surface area contributed by atoms with Gasteiger partial charge in [0.05, 0.1) is 11.5 Å². The molecule has 8 heteroatoms. The molecule has 2 aromatic rings. The lowest BCUT2D eigenvalue weighted by atomic mass is 10.2. The number of nitrogens with zero attached hydrogens (tertiary/aromatic N) is 1. The lowest BCUT2D eigenvalue weighted by Crippen LogP contribution is -2.27. The van der Waals surface area contributed by atoms with Crippen LogP contribution in [0, 0.1) is 0 Å². The van der Waals surface area contributed by atoms with Crippen molar-refractivity contribution < 1.29 is 19.1 Å². The molecule has 0 aliphatic carbocycles. The summed E-state index contributed by atoms with van der Waals surface area (Å²) in [7, 11) is 0. The number of amides is 1. The van der Waals surface area contributed by atoms with Gasteiger partial charge in [0.1, 0.15) is 9.20 Å². The van der Waals surface area contributed by atoms with Gasteiger partial charge in [0.2, 0.25) is 0 Å². The Kier molecular flexibility index (Phi) is 6.66. The van der Waals surface area contributed by atoms with Crippen LogP contribution in [0.5, 0.6) is 11.5 Å². The fraction of sp³-hybridized carbons (Fsp3) is 0.150. The van der Waals surface area contributed by atoms with Crippen molar-refractivity contribution in [2.45, 2.75) is 6.92 Å². The van der Waals surface area contributed by atoms with E-state index in [1.54, 1.807) is 42.5 Å². The van der Waals surface area contributed by atoms with E-state index in [2.05, 4.69) is 6.58 Å². The predicted molar refractivity (Wildman–Crippen MR) is 117 cm³/mol. The third-order valence-electron chi connectivity index (χ3n) is 3.68. The van der Waals surface area contributed by atoms with Crippen LogP contribution in [0.1, 0.15) is 22.2 Å². The summed E-state index contributed by atoms with van der Waals surface area (Å²) in [5.74, 6) is 0.175. The Morgan fingerprint density at radius 2 is 2.14 bits per heavy atom. The quantitative estimate of drug-likeness (QED) is 0.207. The SMILES string of the molecule is C=CCN1C(=O)/C(=C/c2ccc(OC(=O)c3cccs3)c(OCC)c2)SC1=S. The number of benzene rings is 1. The fourth-order valence-corrected chi connectivity index (χ4v) is 4.32. The van der Waals surface area contributed by atoms with Gasteiger partial charge in [0, 0.05) is 6.54 Å². The molecule has 0 saturated carbocycles. The Morgan fingerprint density at radius 1 is 1.32 bits per heavy atom. The van der Waals surface area contributed by atoms with Gasteiger partial charge in [0.15, 0.2) is 11.5 Å². The van der Waals surface area contributed by atoms with Crippen LogP contribution >= 0.6 is 35.3 Å². The minimum atomic E-state index is -0.436. The first kappa shape index (κ1) is 20.3. The van der Waals surface area contributed by atoms with Crippen LogP contribution in [-0.2, 0) is 4.79 Å². The van der Waals surface area contributed by atoms with Crippen molar-refractivity contribution in [2.24, 2.45) is 0 Å². The number of rotatable bonds is 7. The summed E-state index contributed by atoms with van der Waals surface area (Å²) in [6.07, 6.45) is 3.38. The van der Waals surface area contributed by atoms with Crippen LogP contribution in [0.2, 0.25) is 0 Å². The monoisotopic (exact) mass is 431 g/mol. The number of carbonyl (C=O) groups is 2. The third kappa shape index (κ3) is 4.52. The molecule has 0 atom stereocenters. The van der Waals surface area contributed by atoms with Gasteiger partial charge >= 0.3 is 5.97 Å². The van der Waals surface area contributed by atoms with Crippen LogP contribution in [0.15, 0.2) is 53.3 Å². The summed E-state index contributed by atoms with van der Waals surface area (Å²) >= 11 is 7.80. The highest BCUT2D eigenvalue weighted by Gasteiger charge is 2.31. The standard InChI is InChI=1S/C20H17NO4S3/c1-3-9-21-18(22)17(28-20(21)26)12-13-7-8-14(15(11-13)24-4-2)25-19(23)16-6-5-10-27-16/h3,5-8,10-12H,1,4,9H2,2H3/b17-12-. The van der Waals surface area contributed by atoms with Crippen molar-refractivity contribution in [1.82, 2.24) is 4.90 Å². The van der Waals surface area contributed by atoms with E-state index in [0.717, 1.165) is 5.56 Å². The van der Waals surface area contributed by atoms with Gasteiger partial charge in [-0.15, -0.1) is 17.9 Å². The van der Waals surface area contributed by atoms with Crippen molar-refractivity contribution in [3.8, 4) is 11.5 Å². The zero-order valence-electron chi connectivity index (χ0n) is 15.0. The number of ether oxygens (including phenoxy) is 2. The number of hydrogen-bond acceptors (Lipinski definition) is 7. The zero-order valence-corrected chi connectivity index (χ0v) is 17.5. The normalized spacial score (nSPS) is 15.2. The Hall–Kier alpha value is -2.42. The van der Waals surface area contributed by atoms with Crippen molar-refractivity contribution in [1.29, 1.82) is 0 Å². The molecule has 0 N–H and O–H groups in total. The fourth-order valence-electron chi connectivity index (χ4n) is 2.45. The van der Waals surface area contributed by atoms with E-state index in [0.29, 0.717) is 38.8 Å². The van der Waals surface area contributed by atoms with Gasteiger partial charge in [-0.25, -0.2) is 4.79 Å². The summed E-state index contributed by atoms with van der Waals surface area (Å²) in [4.78, 5) is 27.2. The van der Waals surface area contributed by atoms with Crippen LogP contribution in [-0.4, -0.2) is 34.2 Å². The molecule has 1 aliphatic heterocycles. The first-order chi connectivity index (χ1) is 13.5. The van der Waals surface area contributed by atoms with Crippen LogP contribution < -0.4 is 9.47 Å². The summed E-state index contributed by atoms with van der Waals surface area (Å²) in [6.45, 7) is 6.28. The van der Waals surface area contributed by atoms with Crippen molar-refractivity contribution in [3.63, 3.8) is 0 Å². The third-order valence-corrected chi connectivity index (χ3v) is 5.90. The number of thiophene rings is 1. The second kappa shape index (κ2) is 9.18. The van der Waals surface area contributed by atoms with Gasteiger partial charge in [0.25, 0.3) is 5.91 Å². The number of hydrogen-bond donors (Lipinski definition) is 0. The Balaban J connectivity index is 1.84. The van der Waals surface area contributed by atoms with Crippen molar-refractivity contribution in [2.75, 3.05) is 13.2 Å². The van der Waals surface area contributed by atoms with E-state index in [-0.39, 0.29) is 5.91 Å². The minimum absolute atomic E-state index is 0.152. The summed E-state index contributed by atoms with van der Waals surface area (Å²) in [5, 5.41) is 1.81. The maximum absolute atomic E-state index is 12.5. The molecule has 1 amide bonds. The molecular formula is C20H17NO4S3. The first-order valence-corrected chi connectivity index (χ1v) is 10.5. The van der Waals surface area contributed by atoms with Crippen LogP contribution in [0.3, 0.4) is 0 Å². The van der Waals surface area contributed by atoms with E-state index in [1.807, 2.05) is 12.3 Å². The zero-order chi connectivity index (χ0) is 20.1. The smallest absolute Gasteiger partial charge is 0.353 e. The lowest BCUT2D eigenvalue weighted by molar-refractivity contribution is -0.121. The molecule has 0 spiro atoms. The topological polar surface area (TPSA) is 55.8 Å². The highest BCUT2D eigenvalue weighted by molar-refractivity contribution is 8.26. The molecular weight excluding hydrogens is 414 g/mol. The molecule has 1 aliphatic rings. The Morgan fingerprint density at radius 3 is 2.82 bits per heavy atom. The molecule has 2 heterocycles. The molecule has 0 bridgehead atoms. The molecule has 0 unspecified atom stereocenters. The van der Waals surface area contributed by atoms with Gasteiger partial charge in [-0.1, -0.05) is 42.2 Å². The largest absolute Gasteiger partial charge is 0.490 e. The van der Waals surface area contributed by atoms with Gasteiger partial charge in [-0.2, -0.15) is 0 Å². The molecule has 1 fully saturated rings. The highest BCUT2D eigenvalue weighted by Crippen LogP contribution is 2.35. The summed E-state index contributed by atoms with van der Waals surface area (Å²) in [5.41, 5.74) is 0.749. The van der Waals surface area contributed by atoms with Crippen LogP contribution in [0.25, 0.3) is 6.08 Å². The molecule has 144 valence electrons. The second-order valence-electron chi connectivity index (χ2n) is 5.59. The van der Waals surface area contributed by atoms with E-state index in [9.17, 15) is 9.59 Å². The molecule has 28 heavy (non-hydrogen) atoms. The van der Waals surface area contributed by atoms with E-state index >= 15 is 0 Å². The van der Waals surface area contributed by atoms with E-state index < -0.39 is 5.97 Å². The predicted octanol–water partition coefficient (Wildman–Crippen LogP) is 4.75. The van der Waals surface area contributed by atoms with Gasteiger partial charge < -0.3 is 9.47 Å². The maximum Gasteiger partial charge on any atom is 0.353 e. The Bertz CT molecular complexity index is 950. The molecule has 3 rings (SSSR count). The molecule has 1 aromatic heterocycles. The van der Waals surface area contributed by atoms with Crippen molar-refractivity contribution >= 4 is 57.6 Å². The Labute approximate surface area is 176 Å². The van der Waals surface area contributed by atoms with E-state index in [1.165, 1.54) is 28.0 Å². The minimum Gasteiger partial charge on any atom is -0.490 e. The first-order valence-electron chi connectivity index (χ1n) is 8.42. The van der Waals surface area contributed by atoms with Crippen molar-refractivity contribution in [3.05, 3.63) is 63.7 Å². The van der Waals surface area contributed by atoms with Gasteiger partial charge in [-0.3, -0.25) is 9.69 Å². The number of esters is 1. The number of thiocarbonyl (C=S) groups is 1. The van der Waals surface area contributed by atoms with Crippen LogP contribution in [0.4, 0.5) is 0 Å². The molecule has 5 nitrogen and oxygen atoms in total. The highest BCUT2D eigenvalue weighted by atomic mass is 32.2. The average molecular weight is 432 g/mol.